The fraction of sp³-hybridized carbons (Fsp3) is 0.571. The van der Waals surface area contributed by atoms with Crippen LogP contribution in [0.25, 0.3) is 0 Å². The number of ketones is 1. The lowest BCUT2D eigenvalue weighted by Crippen LogP contribution is -2.46. The predicted octanol–water partition coefficient (Wildman–Crippen LogP) is -0.783. The van der Waals surface area contributed by atoms with Gasteiger partial charge in [0.2, 0.25) is 0 Å². The first kappa shape index (κ1) is 7.42. The Labute approximate surface area is 69.8 Å². The maximum absolute atomic E-state index is 11.6. The van der Waals surface area contributed by atoms with E-state index in [2.05, 4.69) is 15.6 Å². The lowest BCUT2D eigenvalue weighted by molar-refractivity contribution is 0.0868. The molecule has 0 atom stereocenters. The zero-order valence-electron chi connectivity index (χ0n) is 6.82. The van der Waals surface area contributed by atoms with Gasteiger partial charge in [0.1, 0.15) is 5.69 Å². The van der Waals surface area contributed by atoms with Gasteiger partial charge in [-0.25, -0.2) is 4.68 Å². The fourth-order valence-electron chi connectivity index (χ4n) is 1.20. The van der Waals surface area contributed by atoms with Crippen LogP contribution in [-0.4, -0.2) is 33.9 Å². The van der Waals surface area contributed by atoms with Crippen LogP contribution in [-0.2, 0) is 7.05 Å². The first-order chi connectivity index (χ1) is 5.79. The highest BCUT2D eigenvalue weighted by atomic mass is 16.1. The summed E-state index contributed by atoms with van der Waals surface area (Å²) in [4.78, 5) is 11.6. The molecule has 0 saturated carbocycles. The molecular weight excluding hydrogens is 156 g/mol. The molecule has 64 valence electrons. The van der Waals surface area contributed by atoms with Gasteiger partial charge in [-0.05, 0) is 0 Å². The van der Waals surface area contributed by atoms with Crippen molar-refractivity contribution in [1.82, 2.24) is 20.3 Å². The Morgan fingerprint density at radius 3 is 2.92 bits per heavy atom. The molecule has 2 rings (SSSR count). The van der Waals surface area contributed by atoms with E-state index in [9.17, 15) is 4.79 Å². The number of nitrogens with zero attached hydrogens (tertiary/aromatic N) is 3. The van der Waals surface area contributed by atoms with Gasteiger partial charge >= 0.3 is 0 Å². The van der Waals surface area contributed by atoms with Crippen LogP contribution in [0.2, 0.25) is 0 Å². The minimum Gasteiger partial charge on any atom is -0.315 e. The minimum absolute atomic E-state index is 0.127. The minimum atomic E-state index is 0.127. The normalized spacial score (nSPS) is 17.4. The lowest BCUT2D eigenvalue weighted by atomic mass is 9.96. The SMILES string of the molecule is Cn1nncc1C(=O)C1CNC1. The van der Waals surface area contributed by atoms with Gasteiger partial charge in [-0.2, -0.15) is 0 Å². The average molecular weight is 166 g/mol. The van der Waals surface area contributed by atoms with E-state index < -0.39 is 0 Å². The van der Waals surface area contributed by atoms with E-state index in [-0.39, 0.29) is 11.7 Å². The summed E-state index contributed by atoms with van der Waals surface area (Å²) in [7, 11) is 1.73. The van der Waals surface area contributed by atoms with Gasteiger partial charge in [-0.1, -0.05) is 5.21 Å². The van der Waals surface area contributed by atoms with Crippen molar-refractivity contribution >= 4 is 5.78 Å². The number of nitrogens with one attached hydrogen (secondary N) is 1. The van der Waals surface area contributed by atoms with Crippen LogP contribution < -0.4 is 5.32 Å². The van der Waals surface area contributed by atoms with E-state index in [0.29, 0.717) is 5.69 Å². The largest absolute Gasteiger partial charge is 0.315 e. The zero-order valence-corrected chi connectivity index (χ0v) is 6.82. The van der Waals surface area contributed by atoms with Crippen LogP contribution in [0.4, 0.5) is 0 Å². The molecule has 0 radical (unpaired) electrons. The highest BCUT2D eigenvalue weighted by Gasteiger charge is 2.27. The summed E-state index contributed by atoms with van der Waals surface area (Å²) >= 11 is 0. The van der Waals surface area contributed by atoms with E-state index >= 15 is 0 Å². The van der Waals surface area contributed by atoms with E-state index in [0.717, 1.165) is 13.1 Å². The predicted molar refractivity (Wildman–Crippen MR) is 41.7 cm³/mol. The highest BCUT2D eigenvalue weighted by molar-refractivity contribution is 5.96. The summed E-state index contributed by atoms with van der Waals surface area (Å²) in [5, 5.41) is 10.4. The molecule has 1 aliphatic rings. The molecule has 1 aliphatic heterocycles. The molecular formula is C7H10N4O. The van der Waals surface area contributed by atoms with Gasteiger partial charge in [0.25, 0.3) is 0 Å². The number of aromatic nitrogens is 3. The van der Waals surface area contributed by atoms with Crippen molar-refractivity contribution in [1.29, 1.82) is 0 Å². The number of hydrogen-bond acceptors (Lipinski definition) is 4. The number of Topliss-reactive ketones (excluding diaryl/α,β-unsaturated/α-hetero) is 1. The summed E-state index contributed by atoms with van der Waals surface area (Å²) in [5.74, 6) is 0.267. The second-order valence-corrected chi connectivity index (χ2v) is 2.96. The molecule has 0 aliphatic carbocycles. The first-order valence-electron chi connectivity index (χ1n) is 3.88. The summed E-state index contributed by atoms with van der Waals surface area (Å²) in [6, 6.07) is 0. The lowest BCUT2D eigenvalue weighted by Gasteiger charge is -2.25. The molecule has 12 heavy (non-hydrogen) atoms. The molecule has 5 nitrogen and oxygen atoms in total. The Hall–Kier alpha value is -1.23. The van der Waals surface area contributed by atoms with Crippen molar-refractivity contribution in [3.63, 3.8) is 0 Å². The molecule has 2 heterocycles. The van der Waals surface area contributed by atoms with Gasteiger partial charge in [0.15, 0.2) is 5.78 Å². The van der Waals surface area contributed by atoms with Crippen molar-refractivity contribution < 1.29 is 4.79 Å². The zero-order chi connectivity index (χ0) is 8.55. The number of carbonyl (C=O) groups is 1. The third-order valence-electron chi connectivity index (χ3n) is 2.12. The number of rotatable bonds is 2. The average Bonchev–Trinajstić information content (AvgIpc) is 2.31. The Kier molecular flexibility index (Phi) is 1.65. The third kappa shape index (κ3) is 1.02. The smallest absolute Gasteiger partial charge is 0.188 e. The fourth-order valence-corrected chi connectivity index (χ4v) is 1.20. The van der Waals surface area contributed by atoms with E-state index in [1.165, 1.54) is 10.9 Å². The Morgan fingerprint density at radius 2 is 2.50 bits per heavy atom. The summed E-state index contributed by atoms with van der Waals surface area (Å²) < 4.78 is 1.51. The molecule has 0 amide bonds. The molecule has 0 bridgehead atoms. The first-order valence-corrected chi connectivity index (χ1v) is 3.88. The van der Waals surface area contributed by atoms with E-state index in [1.54, 1.807) is 7.05 Å². The van der Waals surface area contributed by atoms with Crippen molar-refractivity contribution in [2.75, 3.05) is 13.1 Å². The Bertz CT molecular complexity index is 302. The van der Waals surface area contributed by atoms with Crippen LogP contribution in [0, 0.1) is 5.92 Å². The molecule has 0 unspecified atom stereocenters. The molecule has 5 heteroatoms. The van der Waals surface area contributed by atoms with E-state index in [4.69, 9.17) is 0 Å². The maximum atomic E-state index is 11.6. The molecule has 0 aromatic carbocycles. The van der Waals surface area contributed by atoms with Crippen LogP contribution in [0.1, 0.15) is 10.5 Å². The quantitative estimate of drug-likeness (QED) is 0.585. The van der Waals surface area contributed by atoms with Crippen LogP contribution in [0.3, 0.4) is 0 Å². The van der Waals surface area contributed by atoms with Crippen LogP contribution in [0.5, 0.6) is 0 Å². The van der Waals surface area contributed by atoms with E-state index in [1.807, 2.05) is 0 Å². The van der Waals surface area contributed by atoms with Crippen molar-refractivity contribution in [3.8, 4) is 0 Å². The molecule has 1 aromatic heterocycles. The number of carbonyl (C=O) groups excluding carboxylic acids is 1. The Morgan fingerprint density at radius 1 is 1.75 bits per heavy atom. The summed E-state index contributed by atoms with van der Waals surface area (Å²) in [6.07, 6.45) is 1.51. The number of aryl methyl sites for hydroxylation is 1. The van der Waals surface area contributed by atoms with Gasteiger partial charge in [-0.3, -0.25) is 4.79 Å². The molecule has 1 N–H and O–H groups in total. The second kappa shape index (κ2) is 2.67. The molecule has 0 spiro atoms. The summed E-state index contributed by atoms with van der Waals surface area (Å²) in [6.45, 7) is 1.56. The second-order valence-electron chi connectivity index (χ2n) is 2.96. The topological polar surface area (TPSA) is 59.8 Å². The molecule has 1 fully saturated rings. The van der Waals surface area contributed by atoms with Gasteiger partial charge < -0.3 is 5.32 Å². The summed E-state index contributed by atoms with van der Waals surface area (Å²) in [5.41, 5.74) is 0.599. The highest BCUT2D eigenvalue weighted by Crippen LogP contribution is 2.10. The van der Waals surface area contributed by atoms with Gasteiger partial charge in [0.05, 0.1) is 6.20 Å². The molecule has 1 aromatic rings. The molecule has 1 saturated heterocycles. The monoisotopic (exact) mass is 166 g/mol. The van der Waals surface area contributed by atoms with Crippen LogP contribution in [0.15, 0.2) is 6.20 Å². The van der Waals surface area contributed by atoms with Crippen molar-refractivity contribution in [3.05, 3.63) is 11.9 Å². The van der Waals surface area contributed by atoms with Gasteiger partial charge in [0, 0.05) is 26.1 Å². The van der Waals surface area contributed by atoms with Crippen LogP contribution >= 0.6 is 0 Å². The van der Waals surface area contributed by atoms with Crippen molar-refractivity contribution in [2.24, 2.45) is 13.0 Å². The van der Waals surface area contributed by atoms with Gasteiger partial charge in [-0.15, -0.1) is 5.10 Å². The Balaban J connectivity index is 2.19. The third-order valence-corrected chi connectivity index (χ3v) is 2.12. The standard InChI is InChI=1S/C7H10N4O/c1-11-6(4-9-10-11)7(12)5-2-8-3-5/h4-5,8H,2-3H2,1H3. The maximum Gasteiger partial charge on any atom is 0.188 e. The van der Waals surface area contributed by atoms with Crippen molar-refractivity contribution in [2.45, 2.75) is 0 Å². The number of hydrogen-bond donors (Lipinski definition) is 1.